The fraction of sp³-hybridized carbons (Fsp3) is 0.364. The Bertz CT molecular complexity index is 572. The van der Waals surface area contributed by atoms with Crippen LogP contribution in [0.2, 0.25) is 0 Å². The highest BCUT2D eigenvalue weighted by Crippen LogP contribution is 2.14. The summed E-state index contributed by atoms with van der Waals surface area (Å²) in [4.78, 5) is 10.6. The maximum atomic E-state index is 13.3. The molecule has 0 aromatic heterocycles. The van der Waals surface area contributed by atoms with Gasteiger partial charge in [0.2, 0.25) is 10.0 Å². The van der Waals surface area contributed by atoms with Gasteiger partial charge in [-0.05, 0) is 18.2 Å². The summed E-state index contributed by atoms with van der Waals surface area (Å²) in [5, 5.41) is 11.4. The zero-order valence-corrected chi connectivity index (χ0v) is 11.4. The van der Waals surface area contributed by atoms with E-state index in [9.17, 15) is 17.6 Å². The number of halogens is 1. The van der Waals surface area contributed by atoms with Crippen LogP contribution in [0.3, 0.4) is 0 Å². The standard InChI is InChI=1S/C11H15FN2O4S/c1-14(2)19(17,18)6-5-13-8-3-4-9(11(15)16)10(12)7-8/h3-4,7,13H,5-6H2,1-2H3,(H,15,16). The quantitative estimate of drug-likeness (QED) is 0.810. The average Bonchev–Trinajstić information content (AvgIpc) is 2.28. The lowest BCUT2D eigenvalue weighted by atomic mass is 10.2. The lowest BCUT2D eigenvalue weighted by Gasteiger charge is -2.12. The largest absolute Gasteiger partial charge is 0.478 e. The van der Waals surface area contributed by atoms with Gasteiger partial charge in [-0.25, -0.2) is 21.9 Å². The Balaban J connectivity index is 2.65. The zero-order valence-electron chi connectivity index (χ0n) is 10.6. The topological polar surface area (TPSA) is 86.7 Å². The number of rotatable bonds is 6. The van der Waals surface area contributed by atoms with E-state index in [2.05, 4.69) is 5.32 Å². The van der Waals surface area contributed by atoms with Crippen LogP contribution in [0.15, 0.2) is 18.2 Å². The number of sulfonamides is 1. The van der Waals surface area contributed by atoms with Crippen LogP contribution in [-0.2, 0) is 10.0 Å². The van der Waals surface area contributed by atoms with E-state index in [0.717, 1.165) is 16.4 Å². The predicted octanol–water partition coefficient (Wildman–Crippen LogP) is 0.827. The number of carboxylic acids is 1. The summed E-state index contributed by atoms with van der Waals surface area (Å²) in [5.74, 6) is -2.35. The Morgan fingerprint density at radius 1 is 1.42 bits per heavy atom. The Labute approximate surface area is 110 Å². The van der Waals surface area contributed by atoms with E-state index in [1.807, 2.05) is 0 Å². The molecule has 0 aliphatic heterocycles. The van der Waals surface area contributed by atoms with Crippen molar-refractivity contribution in [3.8, 4) is 0 Å². The number of carboxylic acid groups (broad SMARTS) is 1. The molecular weight excluding hydrogens is 275 g/mol. The number of anilines is 1. The number of hydrogen-bond acceptors (Lipinski definition) is 4. The van der Waals surface area contributed by atoms with Crippen LogP contribution in [0.5, 0.6) is 0 Å². The maximum absolute atomic E-state index is 13.3. The molecule has 1 aromatic carbocycles. The monoisotopic (exact) mass is 290 g/mol. The summed E-state index contributed by atoms with van der Waals surface area (Å²) >= 11 is 0. The van der Waals surface area contributed by atoms with Crippen LogP contribution < -0.4 is 5.32 Å². The molecular formula is C11H15FN2O4S. The van der Waals surface area contributed by atoms with E-state index in [1.54, 1.807) is 0 Å². The minimum atomic E-state index is -3.32. The van der Waals surface area contributed by atoms with Gasteiger partial charge in [0.1, 0.15) is 5.82 Å². The fourth-order valence-corrected chi connectivity index (χ4v) is 2.03. The Hall–Kier alpha value is -1.67. The number of nitrogens with zero attached hydrogens (tertiary/aromatic N) is 1. The third-order valence-electron chi connectivity index (χ3n) is 2.44. The normalized spacial score (nSPS) is 11.6. The van der Waals surface area contributed by atoms with Gasteiger partial charge in [0, 0.05) is 26.3 Å². The van der Waals surface area contributed by atoms with Gasteiger partial charge < -0.3 is 10.4 Å². The molecule has 1 rings (SSSR count). The summed E-state index contributed by atoms with van der Waals surface area (Å²) in [6.07, 6.45) is 0. The van der Waals surface area contributed by atoms with Crippen molar-refractivity contribution < 1.29 is 22.7 Å². The van der Waals surface area contributed by atoms with Crippen LogP contribution in [0, 0.1) is 5.82 Å². The van der Waals surface area contributed by atoms with Gasteiger partial charge in [0.25, 0.3) is 0 Å². The summed E-state index contributed by atoms with van der Waals surface area (Å²) in [6.45, 7) is 0.104. The van der Waals surface area contributed by atoms with Crippen molar-refractivity contribution in [1.82, 2.24) is 4.31 Å². The molecule has 0 heterocycles. The first-order valence-electron chi connectivity index (χ1n) is 5.41. The summed E-state index contributed by atoms with van der Waals surface area (Å²) in [7, 11) is -0.463. The van der Waals surface area contributed by atoms with Gasteiger partial charge in [-0.2, -0.15) is 0 Å². The van der Waals surface area contributed by atoms with Gasteiger partial charge in [-0.15, -0.1) is 0 Å². The fourth-order valence-electron chi connectivity index (χ4n) is 1.31. The van der Waals surface area contributed by atoms with E-state index in [4.69, 9.17) is 5.11 Å². The van der Waals surface area contributed by atoms with Gasteiger partial charge in [0.05, 0.1) is 11.3 Å². The maximum Gasteiger partial charge on any atom is 0.338 e. The van der Waals surface area contributed by atoms with Gasteiger partial charge in [-0.3, -0.25) is 0 Å². The van der Waals surface area contributed by atoms with Crippen molar-refractivity contribution >= 4 is 21.7 Å². The molecule has 19 heavy (non-hydrogen) atoms. The first-order valence-corrected chi connectivity index (χ1v) is 7.02. The van der Waals surface area contributed by atoms with E-state index >= 15 is 0 Å². The number of carbonyl (C=O) groups is 1. The van der Waals surface area contributed by atoms with E-state index in [-0.39, 0.29) is 12.3 Å². The third kappa shape index (κ3) is 4.18. The minimum absolute atomic E-state index is 0.104. The molecule has 0 unspecified atom stereocenters. The van der Waals surface area contributed by atoms with Gasteiger partial charge in [-0.1, -0.05) is 0 Å². The highest BCUT2D eigenvalue weighted by molar-refractivity contribution is 7.89. The molecule has 0 fully saturated rings. The molecule has 0 atom stereocenters. The van der Waals surface area contributed by atoms with Gasteiger partial charge >= 0.3 is 5.97 Å². The number of aromatic carboxylic acids is 1. The Morgan fingerprint density at radius 2 is 2.05 bits per heavy atom. The molecule has 6 nitrogen and oxygen atoms in total. The van der Waals surface area contributed by atoms with E-state index in [1.165, 1.54) is 20.2 Å². The Kier molecular flexibility index (Phi) is 4.84. The second-order valence-corrected chi connectivity index (χ2v) is 6.33. The molecule has 2 N–H and O–H groups in total. The summed E-state index contributed by atoms with van der Waals surface area (Å²) in [5.41, 5.74) is -0.0945. The molecule has 0 saturated carbocycles. The molecule has 0 radical (unpaired) electrons. The van der Waals surface area contributed by atoms with Crippen molar-refractivity contribution in [1.29, 1.82) is 0 Å². The molecule has 1 aromatic rings. The van der Waals surface area contributed by atoms with Crippen LogP contribution in [0.1, 0.15) is 10.4 Å². The molecule has 8 heteroatoms. The van der Waals surface area contributed by atoms with E-state index in [0.29, 0.717) is 5.69 Å². The number of nitrogens with one attached hydrogen (secondary N) is 1. The lowest BCUT2D eigenvalue weighted by molar-refractivity contribution is 0.0692. The number of benzene rings is 1. The predicted molar refractivity (Wildman–Crippen MR) is 69.3 cm³/mol. The molecule has 0 saturated heterocycles. The Morgan fingerprint density at radius 3 is 2.53 bits per heavy atom. The van der Waals surface area contributed by atoms with Crippen molar-refractivity contribution in [2.45, 2.75) is 0 Å². The zero-order chi connectivity index (χ0) is 14.6. The third-order valence-corrected chi connectivity index (χ3v) is 4.28. The second-order valence-electron chi connectivity index (χ2n) is 4.02. The summed E-state index contributed by atoms with van der Waals surface area (Å²) < 4.78 is 37.4. The molecule has 0 aliphatic carbocycles. The molecule has 106 valence electrons. The first-order chi connectivity index (χ1) is 8.74. The average molecular weight is 290 g/mol. The molecule has 0 amide bonds. The van der Waals surface area contributed by atoms with Crippen LogP contribution in [-0.4, -0.2) is 50.2 Å². The molecule has 0 aliphatic rings. The lowest BCUT2D eigenvalue weighted by Crippen LogP contribution is -2.28. The van der Waals surface area contributed by atoms with Crippen LogP contribution in [0.25, 0.3) is 0 Å². The highest BCUT2D eigenvalue weighted by Gasteiger charge is 2.13. The van der Waals surface area contributed by atoms with Crippen LogP contribution >= 0.6 is 0 Å². The van der Waals surface area contributed by atoms with Crippen molar-refractivity contribution in [2.24, 2.45) is 0 Å². The van der Waals surface area contributed by atoms with E-state index < -0.39 is 27.4 Å². The number of hydrogen-bond donors (Lipinski definition) is 2. The minimum Gasteiger partial charge on any atom is -0.478 e. The highest BCUT2D eigenvalue weighted by atomic mass is 32.2. The van der Waals surface area contributed by atoms with Crippen molar-refractivity contribution in [3.63, 3.8) is 0 Å². The summed E-state index contributed by atoms with van der Waals surface area (Å²) in [6, 6.07) is 3.53. The molecule has 0 bridgehead atoms. The SMILES string of the molecule is CN(C)S(=O)(=O)CCNc1ccc(C(=O)O)c(F)c1. The molecule has 0 spiro atoms. The smallest absolute Gasteiger partial charge is 0.338 e. The van der Waals surface area contributed by atoms with Crippen molar-refractivity contribution in [3.05, 3.63) is 29.6 Å². The van der Waals surface area contributed by atoms with Gasteiger partial charge in [0.15, 0.2) is 0 Å². The van der Waals surface area contributed by atoms with Crippen molar-refractivity contribution in [2.75, 3.05) is 31.7 Å². The van der Waals surface area contributed by atoms with Crippen LogP contribution in [0.4, 0.5) is 10.1 Å². The first kappa shape index (κ1) is 15.4. The second kappa shape index (κ2) is 5.98.